The molecule has 58 heavy (non-hydrogen) atoms. The number of halogens is 2. The second-order valence-corrected chi connectivity index (χ2v) is 23.4. The largest absolute Gasteiger partial charge is 1.00 e. The van der Waals surface area contributed by atoms with Crippen LogP contribution in [0.5, 0.6) is 0 Å². The molecule has 0 radical (unpaired) electrons. The quantitative estimate of drug-likeness (QED) is 0.155. The maximum Gasteiger partial charge on any atom is -0.109 e. The van der Waals surface area contributed by atoms with E-state index in [0.29, 0.717) is 0 Å². The van der Waals surface area contributed by atoms with Gasteiger partial charge in [0.1, 0.15) is 0 Å². The van der Waals surface area contributed by atoms with Gasteiger partial charge >= 0.3 is 151 Å². The number of hydrogen-bond acceptors (Lipinski definition) is 0. The van der Waals surface area contributed by atoms with E-state index in [1.807, 2.05) is 12.2 Å². The van der Waals surface area contributed by atoms with Crippen molar-refractivity contribution in [3.05, 3.63) is 148 Å². The van der Waals surface area contributed by atoms with E-state index in [0.717, 1.165) is 6.42 Å². The van der Waals surface area contributed by atoms with Crippen molar-refractivity contribution in [1.29, 1.82) is 0 Å². The molecule has 0 atom stereocenters. The van der Waals surface area contributed by atoms with Crippen LogP contribution in [0.1, 0.15) is 176 Å². The van der Waals surface area contributed by atoms with Gasteiger partial charge in [0.2, 0.25) is 0 Å². The molecule has 5 aromatic rings. The number of rotatable bonds is 2. The van der Waals surface area contributed by atoms with Crippen molar-refractivity contribution in [1.82, 2.24) is 0 Å². The zero-order valence-corrected chi connectivity index (χ0v) is 43.2. The molecule has 0 aliphatic heterocycles. The third-order valence-corrected chi connectivity index (χ3v) is 12.3. The predicted molar refractivity (Wildman–Crippen MR) is 247 cm³/mol. The van der Waals surface area contributed by atoms with Gasteiger partial charge in [-0.2, -0.15) is 6.08 Å². The number of fused-ring (bicyclic) bond motifs is 3. The summed E-state index contributed by atoms with van der Waals surface area (Å²) in [5.41, 5.74) is 12.3. The van der Waals surface area contributed by atoms with Gasteiger partial charge in [-0.15, -0.1) is 46.2 Å². The maximum atomic E-state index is 2.99. The molecule has 1 aliphatic rings. The minimum Gasteiger partial charge on any atom is -1.00 e. The predicted octanol–water partition coefficient (Wildman–Crippen LogP) is 9.61. The van der Waals surface area contributed by atoms with Crippen molar-refractivity contribution >= 4 is 24.8 Å². The van der Waals surface area contributed by atoms with Crippen LogP contribution in [0.25, 0.3) is 21.5 Å². The van der Waals surface area contributed by atoms with Crippen molar-refractivity contribution in [2.75, 3.05) is 0 Å². The first-order valence-corrected chi connectivity index (χ1v) is 22.0. The Hall–Kier alpha value is -2.44. The smallest absolute Gasteiger partial charge is 0.109 e. The summed E-state index contributed by atoms with van der Waals surface area (Å²) in [5.74, 6) is 0. The van der Waals surface area contributed by atoms with Crippen molar-refractivity contribution in [2.45, 2.75) is 164 Å². The van der Waals surface area contributed by atoms with Gasteiger partial charge < -0.3 is 24.8 Å². The summed E-state index contributed by atoms with van der Waals surface area (Å²) < 4.78 is 1.42. The van der Waals surface area contributed by atoms with Crippen LogP contribution in [0, 0.1) is 6.08 Å². The van der Waals surface area contributed by atoms with Crippen LogP contribution in [0.15, 0.2) is 97.1 Å². The molecule has 0 saturated heterocycles. The van der Waals surface area contributed by atoms with Crippen molar-refractivity contribution in [2.24, 2.45) is 0 Å². The maximum absolute atomic E-state index is 2.99. The molecule has 0 nitrogen and oxygen atoms in total. The second kappa shape index (κ2) is 19.1. The summed E-state index contributed by atoms with van der Waals surface area (Å²) in [7, 11) is 0. The summed E-state index contributed by atoms with van der Waals surface area (Å²) in [6.45, 7) is 41.6. The first-order valence-electron chi connectivity index (χ1n) is 20.7. The van der Waals surface area contributed by atoms with E-state index in [1.54, 1.807) is 0 Å². The third kappa shape index (κ3) is 13.0. The Bertz CT molecular complexity index is 2040. The van der Waals surface area contributed by atoms with Crippen molar-refractivity contribution in [3.63, 3.8) is 0 Å². The molecule has 0 amide bonds. The van der Waals surface area contributed by atoms with Crippen LogP contribution in [0.2, 0.25) is 0 Å². The zero-order valence-electron chi connectivity index (χ0n) is 39.2. The molecule has 6 rings (SSSR count). The average molecular weight is 895 g/mol. The summed E-state index contributed by atoms with van der Waals surface area (Å²) in [6, 6.07) is 30.4. The summed E-state index contributed by atoms with van der Waals surface area (Å²) in [6.07, 6.45) is 10.0. The SMILES string of the molecule is CC(C)(C)c1cc2[cH-]c3cc(C(C)(C)C)c(C(C)(C)C)cc3c2cc1C(C)(C)C.CC(C)(C)c1ccc([C](=[Zr+2])c2ccc(C(C)(C)C)cc2)cc1.[C-]1=CC=CC1.[Cl-].[Cl-]. The van der Waals surface area contributed by atoms with E-state index in [-0.39, 0.29) is 57.3 Å². The minimum absolute atomic E-state index is 0. The molecule has 312 valence electrons. The van der Waals surface area contributed by atoms with Gasteiger partial charge in [0.15, 0.2) is 0 Å². The van der Waals surface area contributed by atoms with Gasteiger partial charge in [-0.1, -0.05) is 117 Å². The zero-order chi connectivity index (χ0) is 42.2. The topological polar surface area (TPSA) is 0 Å². The van der Waals surface area contributed by atoms with E-state index < -0.39 is 0 Å². The molecule has 0 saturated carbocycles. The molecular weight excluding hydrogens is 823 g/mol. The van der Waals surface area contributed by atoms with Gasteiger partial charge in [0.25, 0.3) is 0 Å². The summed E-state index contributed by atoms with van der Waals surface area (Å²) >= 11 is 1.46. The Labute approximate surface area is 382 Å². The molecule has 1 aliphatic carbocycles. The molecule has 5 aromatic carbocycles. The van der Waals surface area contributed by atoms with E-state index in [1.165, 1.54) is 93.5 Å². The second-order valence-electron chi connectivity index (χ2n) is 22.1. The van der Waals surface area contributed by atoms with E-state index in [4.69, 9.17) is 0 Å². The van der Waals surface area contributed by atoms with Crippen LogP contribution in [0.4, 0.5) is 0 Å². The standard InChI is InChI=1S/C29H41.C21H26.C5H5.2ClH.Zr/c1-26(2,3)22-14-18-13-19-15-23(27(4,5)6)25(29(10,11)12)17-21(19)20(18)16-24(22)28(7,8)9;1-20(2,3)18-11-7-16(8-12-18)15-17-9-13-19(14-10-17)21(4,5)6;1-2-4-5-3-1;;;/h13-17H,1-12H3;7-14H,1-6H3;1-3H,4H2;2*1H;/q-1;;-1;;;+2/p-2. The van der Waals surface area contributed by atoms with Crippen molar-refractivity contribution < 1.29 is 49.0 Å². The van der Waals surface area contributed by atoms with E-state index >= 15 is 0 Å². The fraction of sp³-hybridized carbons (Fsp3) is 0.455. The van der Waals surface area contributed by atoms with Crippen LogP contribution in [0.3, 0.4) is 0 Å². The monoisotopic (exact) mass is 892 g/mol. The van der Waals surface area contributed by atoms with Gasteiger partial charge in [-0.3, -0.25) is 6.08 Å². The fourth-order valence-corrected chi connectivity index (χ4v) is 8.19. The Balaban J connectivity index is 0.000000354. The summed E-state index contributed by atoms with van der Waals surface area (Å²) in [4.78, 5) is 0. The van der Waals surface area contributed by atoms with E-state index in [9.17, 15) is 0 Å². The van der Waals surface area contributed by atoms with Crippen LogP contribution in [-0.2, 0) is 56.7 Å². The van der Waals surface area contributed by atoms with Crippen LogP contribution in [-0.4, -0.2) is 3.21 Å². The van der Waals surface area contributed by atoms with Crippen LogP contribution < -0.4 is 24.8 Å². The normalized spacial score (nSPS) is 13.3. The van der Waals surface area contributed by atoms with E-state index in [2.05, 4.69) is 216 Å². The molecule has 0 fully saturated rings. The average Bonchev–Trinajstić information content (AvgIpc) is 3.77. The first-order chi connectivity index (χ1) is 25.5. The number of allylic oxidation sites excluding steroid dienone is 4. The molecule has 0 unspecified atom stereocenters. The van der Waals surface area contributed by atoms with Gasteiger partial charge in [0.05, 0.1) is 0 Å². The first kappa shape index (κ1) is 51.7. The summed E-state index contributed by atoms with van der Waals surface area (Å²) in [5, 5.41) is 5.57. The molecular formula is C55H72Cl2Zr-2. The van der Waals surface area contributed by atoms with Crippen molar-refractivity contribution in [3.8, 4) is 0 Å². The van der Waals surface area contributed by atoms with Gasteiger partial charge in [0, 0.05) is 0 Å². The third-order valence-electron chi connectivity index (χ3n) is 10.9. The molecule has 0 N–H and O–H groups in total. The van der Waals surface area contributed by atoms with Gasteiger partial charge in [-0.25, -0.2) is 12.2 Å². The molecule has 0 heterocycles. The van der Waals surface area contributed by atoms with Crippen LogP contribution >= 0.6 is 0 Å². The molecule has 0 aromatic heterocycles. The molecule has 3 heteroatoms. The number of benzene rings is 4. The molecule has 0 spiro atoms. The fourth-order valence-electron chi connectivity index (χ4n) is 7.37. The molecule has 0 bridgehead atoms. The van der Waals surface area contributed by atoms with Gasteiger partial charge in [-0.05, 0) is 21.7 Å². The minimum atomic E-state index is 0. The Morgan fingerprint density at radius 1 is 0.466 bits per heavy atom. The number of hydrogen-bond donors (Lipinski definition) is 0. The Morgan fingerprint density at radius 3 is 1.00 bits per heavy atom. The Morgan fingerprint density at radius 2 is 0.776 bits per heavy atom. The Kier molecular flexibility index (Phi) is 17.0.